The van der Waals surface area contributed by atoms with Crippen LogP contribution in [0.3, 0.4) is 0 Å². The Balaban J connectivity index is 4.71. The summed E-state index contributed by atoms with van der Waals surface area (Å²) < 4.78 is 36.6. The van der Waals surface area contributed by atoms with Crippen LogP contribution in [0.25, 0.3) is 0 Å². The van der Waals surface area contributed by atoms with E-state index in [1.165, 1.54) is 13.8 Å². The maximum atomic E-state index is 12.4. The van der Waals surface area contributed by atoms with Crippen molar-refractivity contribution < 1.29 is 13.2 Å². The fourth-order valence-corrected chi connectivity index (χ4v) is 0.371. The van der Waals surface area contributed by atoms with Crippen molar-refractivity contribution in [3.05, 3.63) is 23.1 Å². The molecule has 0 atom stereocenters. The number of halogens is 3. The summed E-state index contributed by atoms with van der Waals surface area (Å²) >= 11 is 0. The Labute approximate surface area is 58.0 Å². The van der Waals surface area contributed by atoms with Crippen molar-refractivity contribution in [2.24, 2.45) is 0 Å². The second kappa shape index (κ2) is 3.44. The SMILES string of the molecule is CC(C)=C(F)/C(F)=C(\C)F. The van der Waals surface area contributed by atoms with E-state index in [1.807, 2.05) is 0 Å². The molecule has 0 aromatic rings. The summed E-state index contributed by atoms with van der Waals surface area (Å²) in [5.41, 5.74) is 0.134. The smallest absolute Gasteiger partial charge is 0.189 e. The molecule has 0 unspecified atom stereocenters. The van der Waals surface area contributed by atoms with Gasteiger partial charge in [-0.1, -0.05) is 0 Å². The first-order chi connectivity index (χ1) is 4.46. The van der Waals surface area contributed by atoms with E-state index >= 15 is 0 Å². The first kappa shape index (κ1) is 9.27. The molecule has 0 aliphatic carbocycles. The molecule has 0 N–H and O–H groups in total. The lowest BCUT2D eigenvalue weighted by Crippen LogP contribution is -1.81. The van der Waals surface area contributed by atoms with Crippen LogP contribution < -0.4 is 0 Å². The molecule has 0 saturated heterocycles. The summed E-state index contributed by atoms with van der Waals surface area (Å²) in [6, 6.07) is 0. The van der Waals surface area contributed by atoms with Gasteiger partial charge in [0.15, 0.2) is 11.7 Å². The Kier molecular flexibility index (Phi) is 3.19. The minimum absolute atomic E-state index is 0.134. The maximum Gasteiger partial charge on any atom is 0.189 e. The van der Waals surface area contributed by atoms with Gasteiger partial charge in [-0.2, -0.15) is 0 Å². The monoisotopic (exact) mass is 150 g/mol. The molecular weight excluding hydrogens is 141 g/mol. The van der Waals surface area contributed by atoms with E-state index in [1.54, 1.807) is 0 Å². The molecule has 0 nitrogen and oxygen atoms in total. The van der Waals surface area contributed by atoms with E-state index in [0.717, 1.165) is 6.92 Å². The third-order valence-electron chi connectivity index (χ3n) is 0.934. The number of rotatable bonds is 1. The van der Waals surface area contributed by atoms with Gasteiger partial charge in [0.05, 0.1) is 0 Å². The van der Waals surface area contributed by atoms with Crippen LogP contribution in [-0.4, -0.2) is 0 Å². The van der Waals surface area contributed by atoms with Crippen LogP contribution in [0.5, 0.6) is 0 Å². The van der Waals surface area contributed by atoms with Crippen molar-refractivity contribution in [3.63, 3.8) is 0 Å². The topological polar surface area (TPSA) is 0 Å². The number of hydrogen-bond donors (Lipinski definition) is 0. The van der Waals surface area contributed by atoms with E-state index < -0.39 is 17.5 Å². The average molecular weight is 150 g/mol. The van der Waals surface area contributed by atoms with Gasteiger partial charge in [-0.15, -0.1) is 0 Å². The summed E-state index contributed by atoms with van der Waals surface area (Å²) in [4.78, 5) is 0. The van der Waals surface area contributed by atoms with Crippen LogP contribution in [0.4, 0.5) is 13.2 Å². The highest BCUT2D eigenvalue weighted by Crippen LogP contribution is 2.21. The largest absolute Gasteiger partial charge is 0.209 e. The molecule has 0 saturated carbocycles. The van der Waals surface area contributed by atoms with E-state index in [4.69, 9.17) is 0 Å². The van der Waals surface area contributed by atoms with Gasteiger partial charge in [0.25, 0.3) is 0 Å². The molecule has 0 spiro atoms. The second-order valence-electron chi connectivity index (χ2n) is 2.16. The molecule has 0 heterocycles. The Morgan fingerprint density at radius 3 is 1.30 bits per heavy atom. The maximum absolute atomic E-state index is 12.4. The van der Waals surface area contributed by atoms with Crippen molar-refractivity contribution in [2.45, 2.75) is 20.8 Å². The van der Waals surface area contributed by atoms with Crippen LogP contribution >= 0.6 is 0 Å². The van der Waals surface area contributed by atoms with Gasteiger partial charge in [0, 0.05) is 0 Å². The highest BCUT2D eigenvalue weighted by atomic mass is 19.2. The molecule has 0 aliphatic heterocycles. The van der Waals surface area contributed by atoms with Gasteiger partial charge in [-0.05, 0) is 26.3 Å². The summed E-state index contributed by atoms with van der Waals surface area (Å²) in [6.07, 6.45) is 0. The van der Waals surface area contributed by atoms with Gasteiger partial charge in [0.2, 0.25) is 0 Å². The van der Waals surface area contributed by atoms with E-state index in [2.05, 4.69) is 0 Å². The lowest BCUT2D eigenvalue weighted by Gasteiger charge is -1.94. The summed E-state index contributed by atoms with van der Waals surface area (Å²) in [5.74, 6) is -3.64. The summed E-state index contributed by atoms with van der Waals surface area (Å²) in [7, 11) is 0. The van der Waals surface area contributed by atoms with Gasteiger partial charge >= 0.3 is 0 Å². The first-order valence-corrected chi connectivity index (χ1v) is 2.82. The van der Waals surface area contributed by atoms with E-state index in [-0.39, 0.29) is 5.57 Å². The third kappa shape index (κ3) is 2.25. The van der Waals surface area contributed by atoms with Crippen LogP contribution in [0, 0.1) is 0 Å². The fourth-order valence-electron chi connectivity index (χ4n) is 0.371. The lowest BCUT2D eigenvalue weighted by atomic mass is 10.3. The van der Waals surface area contributed by atoms with Gasteiger partial charge < -0.3 is 0 Å². The van der Waals surface area contributed by atoms with Gasteiger partial charge in [0.1, 0.15) is 5.83 Å². The van der Waals surface area contributed by atoms with E-state index in [0.29, 0.717) is 0 Å². The standard InChI is InChI=1S/C7H9F3/c1-4(2)6(9)7(10)5(3)8/h1-3H3/b7-5-. The van der Waals surface area contributed by atoms with Crippen molar-refractivity contribution in [2.75, 3.05) is 0 Å². The Morgan fingerprint density at radius 2 is 1.20 bits per heavy atom. The molecule has 58 valence electrons. The molecule has 0 aliphatic rings. The van der Waals surface area contributed by atoms with Gasteiger partial charge in [-0.3, -0.25) is 0 Å². The molecule has 10 heavy (non-hydrogen) atoms. The normalized spacial score (nSPS) is 12.6. The molecule has 0 aromatic heterocycles. The molecular formula is C7H9F3. The molecule has 0 aromatic carbocycles. The fraction of sp³-hybridized carbons (Fsp3) is 0.429. The molecule has 0 amide bonds. The first-order valence-electron chi connectivity index (χ1n) is 2.82. The van der Waals surface area contributed by atoms with Gasteiger partial charge in [-0.25, -0.2) is 13.2 Å². The van der Waals surface area contributed by atoms with Crippen LogP contribution in [-0.2, 0) is 0 Å². The Hall–Kier alpha value is -0.730. The van der Waals surface area contributed by atoms with Crippen LogP contribution in [0.15, 0.2) is 23.1 Å². The van der Waals surface area contributed by atoms with Crippen LogP contribution in [0.1, 0.15) is 20.8 Å². The predicted molar refractivity (Wildman–Crippen MR) is 34.4 cm³/mol. The molecule has 0 bridgehead atoms. The van der Waals surface area contributed by atoms with Crippen molar-refractivity contribution in [1.29, 1.82) is 0 Å². The Morgan fingerprint density at radius 1 is 0.800 bits per heavy atom. The zero-order valence-corrected chi connectivity index (χ0v) is 6.13. The molecule has 0 rings (SSSR count). The average Bonchev–Trinajstić information content (AvgIpc) is 1.84. The number of hydrogen-bond acceptors (Lipinski definition) is 0. The number of allylic oxidation sites excluding steroid dienone is 4. The highest BCUT2D eigenvalue weighted by molar-refractivity contribution is 5.24. The molecule has 3 heteroatoms. The summed E-state index contributed by atoms with van der Waals surface area (Å²) in [5, 5.41) is 0. The minimum atomic E-state index is -1.40. The van der Waals surface area contributed by atoms with E-state index in [9.17, 15) is 13.2 Å². The highest BCUT2D eigenvalue weighted by Gasteiger charge is 2.08. The molecule has 0 fully saturated rings. The third-order valence-corrected chi connectivity index (χ3v) is 0.934. The van der Waals surface area contributed by atoms with Crippen molar-refractivity contribution >= 4 is 0 Å². The molecule has 0 radical (unpaired) electrons. The zero-order valence-electron chi connectivity index (χ0n) is 6.13. The lowest BCUT2D eigenvalue weighted by molar-refractivity contribution is 0.489. The minimum Gasteiger partial charge on any atom is -0.209 e. The Bertz CT molecular complexity index is 159. The summed E-state index contributed by atoms with van der Waals surface area (Å²) in [6.45, 7) is 3.62. The van der Waals surface area contributed by atoms with Crippen LogP contribution in [0.2, 0.25) is 0 Å². The second-order valence-corrected chi connectivity index (χ2v) is 2.16. The predicted octanol–water partition coefficient (Wildman–Crippen LogP) is 3.42. The quantitative estimate of drug-likeness (QED) is 0.502. The zero-order chi connectivity index (χ0) is 8.31. The van der Waals surface area contributed by atoms with Crippen molar-refractivity contribution in [3.8, 4) is 0 Å². The van der Waals surface area contributed by atoms with Crippen molar-refractivity contribution in [1.82, 2.24) is 0 Å².